The Kier molecular flexibility index (Phi) is 3.36. The van der Waals surface area contributed by atoms with Crippen LogP contribution in [-0.2, 0) is 19.2 Å². The molecule has 0 aromatic heterocycles. The number of piperidine rings is 1. The first kappa shape index (κ1) is 12.0. The van der Waals surface area contributed by atoms with Crippen LogP contribution in [-0.4, -0.2) is 23.4 Å². The highest BCUT2D eigenvalue weighted by Gasteiger charge is 2.34. The van der Waals surface area contributed by atoms with E-state index < -0.39 is 5.92 Å². The predicted octanol–water partition coefficient (Wildman–Crippen LogP) is 0.368. The van der Waals surface area contributed by atoms with Gasteiger partial charge in [-0.05, 0) is 18.8 Å². The largest absolute Gasteiger partial charge is 0.299 e. The van der Waals surface area contributed by atoms with Crippen molar-refractivity contribution < 1.29 is 19.2 Å². The standard InChI is InChI=1S/C12H15NO4/c14-9-3-1-2-8(9)10(15)4-7-5-11(16)13-12(17)6-7/h7-8H,1-6H2,(H,13,16,17)/t8-/m0/s1. The molecule has 92 valence electrons. The van der Waals surface area contributed by atoms with E-state index in [9.17, 15) is 19.2 Å². The van der Waals surface area contributed by atoms with Gasteiger partial charge in [0.1, 0.15) is 11.6 Å². The Morgan fingerprint density at radius 2 is 1.82 bits per heavy atom. The average molecular weight is 237 g/mol. The molecule has 1 saturated carbocycles. The van der Waals surface area contributed by atoms with Crippen LogP contribution in [0.2, 0.25) is 0 Å². The van der Waals surface area contributed by atoms with Crippen LogP contribution in [0.15, 0.2) is 0 Å². The van der Waals surface area contributed by atoms with E-state index in [1.807, 2.05) is 0 Å². The molecule has 0 aromatic rings. The summed E-state index contributed by atoms with van der Waals surface area (Å²) in [4.78, 5) is 45.6. The van der Waals surface area contributed by atoms with E-state index in [1.54, 1.807) is 0 Å². The van der Waals surface area contributed by atoms with Gasteiger partial charge in [0.05, 0.1) is 5.92 Å². The summed E-state index contributed by atoms with van der Waals surface area (Å²) < 4.78 is 0. The monoisotopic (exact) mass is 237 g/mol. The molecule has 1 saturated heterocycles. The lowest BCUT2D eigenvalue weighted by Gasteiger charge is -2.21. The number of rotatable bonds is 3. The van der Waals surface area contributed by atoms with E-state index in [-0.39, 0.29) is 48.6 Å². The predicted molar refractivity (Wildman–Crippen MR) is 57.8 cm³/mol. The second-order valence-electron chi connectivity index (χ2n) is 4.83. The molecule has 1 aliphatic heterocycles. The normalized spacial score (nSPS) is 26.1. The molecule has 0 bridgehead atoms. The maximum Gasteiger partial charge on any atom is 0.226 e. The van der Waals surface area contributed by atoms with Crippen LogP contribution in [0.1, 0.15) is 38.5 Å². The third-order valence-electron chi connectivity index (χ3n) is 3.41. The van der Waals surface area contributed by atoms with Crippen molar-refractivity contribution in [2.45, 2.75) is 38.5 Å². The Bertz CT molecular complexity index is 372. The van der Waals surface area contributed by atoms with Gasteiger partial charge in [-0.2, -0.15) is 0 Å². The number of Topliss-reactive ketones (excluding diaryl/α,β-unsaturated/α-hetero) is 2. The average Bonchev–Trinajstić information content (AvgIpc) is 2.62. The number of hydrogen-bond acceptors (Lipinski definition) is 4. The number of imide groups is 1. The molecule has 1 atom stereocenters. The maximum absolute atomic E-state index is 11.9. The molecule has 2 amide bonds. The Morgan fingerprint density at radius 1 is 1.18 bits per heavy atom. The molecule has 5 nitrogen and oxygen atoms in total. The minimum absolute atomic E-state index is 0.0154. The third kappa shape index (κ3) is 2.78. The highest BCUT2D eigenvalue weighted by molar-refractivity contribution is 6.04. The molecule has 0 spiro atoms. The van der Waals surface area contributed by atoms with Crippen LogP contribution < -0.4 is 5.32 Å². The van der Waals surface area contributed by atoms with Gasteiger partial charge in [-0.3, -0.25) is 24.5 Å². The molecule has 0 radical (unpaired) electrons. The van der Waals surface area contributed by atoms with E-state index in [0.29, 0.717) is 12.8 Å². The molecule has 2 fully saturated rings. The fraction of sp³-hybridized carbons (Fsp3) is 0.667. The Balaban J connectivity index is 1.92. The Labute approximate surface area is 98.9 Å². The van der Waals surface area contributed by atoms with Crippen molar-refractivity contribution in [2.75, 3.05) is 0 Å². The lowest BCUT2D eigenvalue weighted by Crippen LogP contribution is -2.39. The van der Waals surface area contributed by atoms with Gasteiger partial charge in [0.2, 0.25) is 11.8 Å². The lowest BCUT2D eigenvalue weighted by atomic mass is 9.87. The van der Waals surface area contributed by atoms with E-state index in [4.69, 9.17) is 0 Å². The van der Waals surface area contributed by atoms with Gasteiger partial charge < -0.3 is 0 Å². The van der Waals surface area contributed by atoms with Crippen LogP contribution in [0.4, 0.5) is 0 Å². The molecule has 1 N–H and O–H groups in total. The van der Waals surface area contributed by atoms with Gasteiger partial charge >= 0.3 is 0 Å². The lowest BCUT2D eigenvalue weighted by molar-refractivity contribution is -0.135. The molecule has 1 aliphatic carbocycles. The van der Waals surface area contributed by atoms with Gasteiger partial charge in [0, 0.05) is 25.7 Å². The molecular weight excluding hydrogens is 222 g/mol. The molecular formula is C12H15NO4. The van der Waals surface area contributed by atoms with Gasteiger partial charge in [0.25, 0.3) is 0 Å². The molecule has 2 rings (SSSR count). The first-order chi connectivity index (χ1) is 8.06. The number of amides is 2. The fourth-order valence-electron chi connectivity index (χ4n) is 2.58. The number of carbonyl (C=O) groups excluding carboxylic acids is 4. The molecule has 0 aromatic carbocycles. The molecule has 0 unspecified atom stereocenters. The summed E-state index contributed by atoms with van der Waals surface area (Å²) in [5, 5.41) is 2.20. The smallest absolute Gasteiger partial charge is 0.226 e. The van der Waals surface area contributed by atoms with Gasteiger partial charge in [-0.1, -0.05) is 0 Å². The number of nitrogens with one attached hydrogen (secondary N) is 1. The second kappa shape index (κ2) is 4.77. The highest BCUT2D eigenvalue weighted by Crippen LogP contribution is 2.27. The highest BCUT2D eigenvalue weighted by atomic mass is 16.2. The van der Waals surface area contributed by atoms with Crippen LogP contribution in [0.3, 0.4) is 0 Å². The summed E-state index contributed by atoms with van der Waals surface area (Å²) in [5.74, 6) is -1.43. The summed E-state index contributed by atoms with van der Waals surface area (Å²) in [6.07, 6.45) is 2.48. The second-order valence-corrected chi connectivity index (χ2v) is 4.83. The zero-order valence-electron chi connectivity index (χ0n) is 9.53. The van der Waals surface area contributed by atoms with Crippen LogP contribution in [0.5, 0.6) is 0 Å². The third-order valence-corrected chi connectivity index (χ3v) is 3.41. The quantitative estimate of drug-likeness (QED) is 0.568. The zero-order chi connectivity index (χ0) is 12.4. The Hall–Kier alpha value is -1.52. The van der Waals surface area contributed by atoms with Crippen LogP contribution in [0, 0.1) is 11.8 Å². The Morgan fingerprint density at radius 3 is 2.35 bits per heavy atom. The SMILES string of the molecule is O=C1CC(CC(=O)[C@H]2CCCC2=O)CC(=O)N1. The molecule has 2 aliphatic rings. The number of carbonyl (C=O) groups is 4. The first-order valence-corrected chi connectivity index (χ1v) is 5.94. The van der Waals surface area contributed by atoms with Crippen LogP contribution in [0.25, 0.3) is 0 Å². The van der Waals surface area contributed by atoms with Crippen molar-refractivity contribution in [3.05, 3.63) is 0 Å². The van der Waals surface area contributed by atoms with Gasteiger partial charge in [-0.15, -0.1) is 0 Å². The van der Waals surface area contributed by atoms with E-state index in [1.165, 1.54) is 0 Å². The minimum Gasteiger partial charge on any atom is -0.299 e. The summed E-state index contributed by atoms with van der Waals surface area (Å²) in [6, 6.07) is 0. The van der Waals surface area contributed by atoms with E-state index in [2.05, 4.69) is 5.32 Å². The number of hydrogen-bond donors (Lipinski definition) is 1. The minimum atomic E-state index is -0.477. The summed E-state index contributed by atoms with van der Waals surface area (Å²) in [5.41, 5.74) is 0. The van der Waals surface area contributed by atoms with Crippen molar-refractivity contribution in [1.29, 1.82) is 0 Å². The molecule has 5 heteroatoms. The van der Waals surface area contributed by atoms with Gasteiger partial charge in [0.15, 0.2) is 0 Å². The first-order valence-electron chi connectivity index (χ1n) is 5.94. The topological polar surface area (TPSA) is 80.3 Å². The van der Waals surface area contributed by atoms with E-state index >= 15 is 0 Å². The van der Waals surface area contributed by atoms with Crippen molar-refractivity contribution in [2.24, 2.45) is 11.8 Å². The zero-order valence-corrected chi connectivity index (χ0v) is 9.53. The van der Waals surface area contributed by atoms with Crippen molar-refractivity contribution in [1.82, 2.24) is 5.32 Å². The van der Waals surface area contributed by atoms with Gasteiger partial charge in [-0.25, -0.2) is 0 Å². The van der Waals surface area contributed by atoms with Crippen molar-refractivity contribution >= 4 is 23.4 Å². The molecule has 17 heavy (non-hydrogen) atoms. The summed E-state index contributed by atoms with van der Waals surface area (Å²) in [7, 11) is 0. The van der Waals surface area contributed by atoms with Crippen molar-refractivity contribution in [3.8, 4) is 0 Å². The fourth-order valence-corrected chi connectivity index (χ4v) is 2.58. The number of ketones is 2. The van der Waals surface area contributed by atoms with Crippen molar-refractivity contribution in [3.63, 3.8) is 0 Å². The maximum atomic E-state index is 11.9. The van der Waals surface area contributed by atoms with E-state index in [0.717, 1.165) is 6.42 Å². The summed E-state index contributed by atoms with van der Waals surface area (Å²) >= 11 is 0. The molecule has 1 heterocycles. The summed E-state index contributed by atoms with van der Waals surface area (Å²) in [6.45, 7) is 0. The van der Waals surface area contributed by atoms with Crippen LogP contribution >= 0.6 is 0 Å².